The number of piperidine rings is 1. The minimum atomic E-state index is -0.0123. The number of fused-ring (bicyclic) bond motifs is 1. The van der Waals surface area contributed by atoms with Gasteiger partial charge in [0.1, 0.15) is 18.1 Å². The predicted molar refractivity (Wildman–Crippen MR) is 108 cm³/mol. The molecule has 5 heteroatoms. The summed E-state index contributed by atoms with van der Waals surface area (Å²) in [6.07, 6.45) is 3.92. The number of hydrogen-bond donors (Lipinski definition) is 0. The lowest BCUT2D eigenvalue weighted by Crippen LogP contribution is -2.36. The number of hydrogen-bond acceptors (Lipinski definition) is 4. The Kier molecular flexibility index (Phi) is 6.12. The molecule has 0 bridgehead atoms. The van der Waals surface area contributed by atoms with Crippen molar-refractivity contribution < 1.29 is 14.3 Å². The molecule has 148 valence electrons. The Labute approximate surface area is 166 Å². The first-order valence-electron chi connectivity index (χ1n) is 10.2. The van der Waals surface area contributed by atoms with Crippen molar-refractivity contribution in [3.05, 3.63) is 59.7 Å². The molecule has 0 aliphatic carbocycles. The summed E-state index contributed by atoms with van der Waals surface area (Å²) < 4.78 is 11.5. The van der Waals surface area contributed by atoms with Gasteiger partial charge in [-0.1, -0.05) is 30.7 Å². The standard InChI is InChI=1S/C23H28N2O3/c26-23(18-28-21-7-3-1-4-8-21)25-13-14-27-22-10-9-19(15-20(22)17-25)16-24-11-5-2-6-12-24/h1,3-4,7-10,15H,2,5-6,11-14,16-18H2. The molecule has 4 rings (SSSR count). The van der Waals surface area contributed by atoms with E-state index in [4.69, 9.17) is 9.47 Å². The van der Waals surface area contributed by atoms with Crippen molar-refractivity contribution in [3.8, 4) is 11.5 Å². The number of carbonyl (C=O) groups excluding carboxylic acids is 1. The maximum atomic E-state index is 12.7. The maximum Gasteiger partial charge on any atom is 0.260 e. The lowest BCUT2D eigenvalue weighted by molar-refractivity contribution is -0.134. The second kappa shape index (κ2) is 9.11. The minimum absolute atomic E-state index is 0.0123. The van der Waals surface area contributed by atoms with Crippen LogP contribution in [0.15, 0.2) is 48.5 Å². The zero-order chi connectivity index (χ0) is 19.2. The molecule has 0 spiro atoms. The fourth-order valence-corrected chi connectivity index (χ4v) is 3.89. The maximum absolute atomic E-state index is 12.7. The molecular formula is C23H28N2O3. The molecule has 1 saturated heterocycles. The summed E-state index contributed by atoms with van der Waals surface area (Å²) in [6, 6.07) is 15.9. The second-order valence-electron chi connectivity index (χ2n) is 7.54. The van der Waals surface area contributed by atoms with Gasteiger partial charge in [-0.3, -0.25) is 9.69 Å². The molecule has 0 N–H and O–H groups in total. The Morgan fingerprint density at radius 3 is 2.64 bits per heavy atom. The average Bonchev–Trinajstić information content (AvgIpc) is 2.96. The van der Waals surface area contributed by atoms with E-state index in [-0.39, 0.29) is 12.5 Å². The van der Waals surface area contributed by atoms with Crippen LogP contribution >= 0.6 is 0 Å². The number of carbonyl (C=O) groups is 1. The molecule has 0 aromatic heterocycles. The van der Waals surface area contributed by atoms with Crippen LogP contribution in [0.5, 0.6) is 11.5 Å². The molecule has 2 aliphatic rings. The summed E-state index contributed by atoms with van der Waals surface area (Å²) in [5, 5.41) is 0. The number of nitrogens with zero attached hydrogens (tertiary/aromatic N) is 2. The molecule has 0 atom stereocenters. The number of rotatable bonds is 5. The molecule has 0 unspecified atom stereocenters. The third-order valence-corrected chi connectivity index (χ3v) is 5.42. The minimum Gasteiger partial charge on any atom is -0.491 e. The Hall–Kier alpha value is -2.53. The second-order valence-corrected chi connectivity index (χ2v) is 7.54. The summed E-state index contributed by atoms with van der Waals surface area (Å²) in [5.41, 5.74) is 2.37. The van der Waals surface area contributed by atoms with Crippen molar-refractivity contribution in [1.82, 2.24) is 9.80 Å². The van der Waals surface area contributed by atoms with E-state index in [2.05, 4.69) is 23.1 Å². The van der Waals surface area contributed by atoms with E-state index in [1.807, 2.05) is 35.2 Å². The molecule has 2 aromatic carbocycles. The number of benzene rings is 2. The van der Waals surface area contributed by atoms with Crippen LogP contribution in [0.1, 0.15) is 30.4 Å². The Morgan fingerprint density at radius 2 is 1.82 bits per heavy atom. The topological polar surface area (TPSA) is 42.0 Å². The molecule has 1 amide bonds. The van der Waals surface area contributed by atoms with E-state index in [0.29, 0.717) is 25.4 Å². The fourth-order valence-electron chi connectivity index (χ4n) is 3.89. The number of ether oxygens (including phenoxy) is 2. The Morgan fingerprint density at radius 1 is 1.00 bits per heavy atom. The SMILES string of the molecule is O=C(COc1ccccc1)N1CCOc2ccc(CN3CCCCC3)cc2C1. The predicted octanol–water partition coefficient (Wildman–Crippen LogP) is 3.47. The van der Waals surface area contributed by atoms with Crippen LogP contribution < -0.4 is 9.47 Å². The van der Waals surface area contributed by atoms with Gasteiger partial charge in [-0.15, -0.1) is 0 Å². The van der Waals surface area contributed by atoms with Crippen molar-refractivity contribution >= 4 is 5.91 Å². The van der Waals surface area contributed by atoms with Gasteiger partial charge in [-0.25, -0.2) is 0 Å². The molecule has 0 radical (unpaired) electrons. The first-order chi connectivity index (χ1) is 13.8. The van der Waals surface area contributed by atoms with Gasteiger partial charge >= 0.3 is 0 Å². The highest BCUT2D eigenvalue weighted by Crippen LogP contribution is 2.26. The van der Waals surface area contributed by atoms with Crippen LogP contribution in [0, 0.1) is 0 Å². The highest BCUT2D eigenvalue weighted by Gasteiger charge is 2.21. The molecule has 5 nitrogen and oxygen atoms in total. The zero-order valence-corrected chi connectivity index (χ0v) is 16.3. The van der Waals surface area contributed by atoms with Gasteiger partial charge in [0, 0.05) is 18.7 Å². The quantitative estimate of drug-likeness (QED) is 0.797. The van der Waals surface area contributed by atoms with E-state index in [1.165, 1.54) is 37.9 Å². The fraction of sp³-hybridized carbons (Fsp3) is 0.435. The van der Waals surface area contributed by atoms with Gasteiger partial charge in [-0.2, -0.15) is 0 Å². The van der Waals surface area contributed by atoms with Gasteiger partial charge in [-0.05, 0) is 55.8 Å². The molecule has 28 heavy (non-hydrogen) atoms. The van der Waals surface area contributed by atoms with Crippen LogP contribution in [0.25, 0.3) is 0 Å². The van der Waals surface area contributed by atoms with Crippen LogP contribution in [0.3, 0.4) is 0 Å². The number of likely N-dealkylation sites (tertiary alicyclic amines) is 1. The first-order valence-corrected chi connectivity index (χ1v) is 10.2. The molecule has 2 aliphatic heterocycles. The van der Waals surface area contributed by atoms with Crippen LogP contribution in [0.2, 0.25) is 0 Å². The highest BCUT2D eigenvalue weighted by atomic mass is 16.5. The first kappa shape index (κ1) is 18.8. The van der Waals surface area contributed by atoms with Gasteiger partial charge in [0.2, 0.25) is 0 Å². The number of para-hydroxylation sites is 1. The normalized spacial score (nSPS) is 17.4. The summed E-state index contributed by atoms with van der Waals surface area (Å²) in [6.45, 7) is 5.03. The van der Waals surface area contributed by atoms with E-state index in [9.17, 15) is 4.79 Å². The highest BCUT2D eigenvalue weighted by molar-refractivity contribution is 5.78. The molecule has 0 saturated carbocycles. The van der Waals surface area contributed by atoms with Gasteiger partial charge in [0.15, 0.2) is 6.61 Å². The Balaban J connectivity index is 1.39. The largest absolute Gasteiger partial charge is 0.491 e. The van der Waals surface area contributed by atoms with E-state index in [0.717, 1.165) is 17.9 Å². The van der Waals surface area contributed by atoms with Crippen LogP contribution in [-0.4, -0.2) is 48.6 Å². The third kappa shape index (κ3) is 4.84. The number of amides is 1. The van der Waals surface area contributed by atoms with E-state index < -0.39 is 0 Å². The Bertz CT molecular complexity index is 788. The van der Waals surface area contributed by atoms with E-state index in [1.54, 1.807) is 0 Å². The summed E-state index contributed by atoms with van der Waals surface area (Å²) in [7, 11) is 0. The average molecular weight is 380 g/mol. The lowest BCUT2D eigenvalue weighted by atomic mass is 10.1. The third-order valence-electron chi connectivity index (χ3n) is 5.42. The van der Waals surface area contributed by atoms with Crippen LogP contribution in [-0.2, 0) is 17.9 Å². The van der Waals surface area contributed by atoms with Crippen molar-refractivity contribution in [1.29, 1.82) is 0 Å². The van der Waals surface area contributed by atoms with Crippen LogP contribution in [0.4, 0.5) is 0 Å². The summed E-state index contributed by atoms with van der Waals surface area (Å²) in [4.78, 5) is 17.0. The monoisotopic (exact) mass is 380 g/mol. The van der Waals surface area contributed by atoms with Crippen molar-refractivity contribution in [2.24, 2.45) is 0 Å². The molecule has 2 heterocycles. The zero-order valence-electron chi connectivity index (χ0n) is 16.3. The molecule has 1 fully saturated rings. The molecule has 2 aromatic rings. The van der Waals surface area contributed by atoms with Gasteiger partial charge in [0.25, 0.3) is 5.91 Å². The summed E-state index contributed by atoms with van der Waals surface area (Å²) >= 11 is 0. The molecular weight excluding hydrogens is 352 g/mol. The van der Waals surface area contributed by atoms with Crippen molar-refractivity contribution in [2.45, 2.75) is 32.4 Å². The summed E-state index contributed by atoms with van der Waals surface area (Å²) in [5.74, 6) is 1.59. The smallest absolute Gasteiger partial charge is 0.260 e. The van der Waals surface area contributed by atoms with E-state index >= 15 is 0 Å². The van der Waals surface area contributed by atoms with Crippen molar-refractivity contribution in [3.63, 3.8) is 0 Å². The lowest BCUT2D eigenvalue weighted by Gasteiger charge is -2.26. The van der Waals surface area contributed by atoms with Gasteiger partial charge < -0.3 is 14.4 Å². The van der Waals surface area contributed by atoms with Crippen molar-refractivity contribution in [2.75, 3.05) is 32.8 Å². The van der Waals surface area contributed by atoms with Gasteiger partial charge in [0.05, 0.1) is 6.54 Å².